The molecule has 9 heteroatoms. The van der Waals surface area contributed by atoms with E-state index in [4.69, 9.17) is 10.5 Å². The predicted molar refractivity (Wildman–Crippen MR) is 135 cm³/mol. The maximum Gasteiger partial charge on any atom is 0.233 e. The Kier molecular flexibility index (Phi) is 6.14. The quantitative estimate of drug-likeness (QED) is 0.393. The SMILES string of the molecule is Cc1ccc2c(NS(=O)(=O)CC(C)(C)C)cccc2c1Oc1ncccc1-c1ccnc(N)n1. The summed E-state index contributed by atoms with van der Waals surface area (Å²) >= 11 is 0. The summed E-state index contributed by atoms with van der Waals surface area (Å²) in [7, 11) is -3.54. The molecule has 0 radical (unpaired) electrons. The zero-order chi connectivity index (χ0) is 24.5. The zero-order valence-corrected chi connectivity index (χ0v) is 20.3. The molecular weight excluding hydrogens is 450 g/mol. The molecule has 0 saturated heterocycles. The van der Waals surface area contributed by atoms with Gasteiger partial charge in [-0.1, -0.05) is 45.0 Å². The first kappa shape index (κ1) is 23.4. The van der Waals surface area contributed by atoms with E-state index in [2.05, 4.69) is 19.7 Å². The minimum atomic E-state index is -3.54. The van der Waals surface area contributed by atoms with Crippen LogP contribution in [0.1, 0.15) is 26.3 Å². The first-order chi connectivity index (χ1) is 16.0. The normalized spacial score (nSPS) is 12.0. The number of pyridine rings is 1. The summed E-state index contributed by atoms with van der Waals surface area (Å²) in [5.74, 6) is 1.09. The first-order valence-corrected chi connectivity index (χ1v) is 12.4. The van der Waals surface area contributed by atoms with Gasteiger partial charge >= 0.3 is 0 Å². The minimum absolute atomic E-state index is 0.00493. The van der Waals surface area contributed by atoms with Crippen molar-refractivity contribution in [2.24, 2.45) is 5.41 Å². The van der Waals surface area contributed by atoms with Gasteiger partial charge in [-0.05, 0) is 42.2 Å². The van der Waals surface area contributed by atoms with E-state index in [1.54, 1.807) is 36.7 Å². The lowest BCUT2D eigenvalue weighted by atomic mass is 10.0. The van der Waals surface area contributed by atoms with Crippen LogP contribution in [0.25, 0.3) is 22.0 Å². The van der Waals surface area contributed by atoms with Gasteiger partial charge in [0.1, 0.15) is 5.75 Å². The number of nitrogens with zero attached hydrogens (tertiary/aromatic N) is 3. The van der Waals surface area contributed by atoms with Gasteiger partial charge in [0.25, 0.3) is 0 Å². The van der Waals surface area contributed by atoms with Gasteiger partial charge in [-0.3, -0.25) is 4.72 Å². The van der Waals surface area contributed by atoms with Crippen LogP contribution in [0.15, 0.2) is 60.9 Å². The molecule has 0 aliphatic heterocycles. The number of nitrogens with two attached hydrogens (primary N) is 1. The van der Waals surface area contributed by atoms with E-state index in [0.29, 0.717) is 28.6 Å². The maximum absolute atomic E-state index is 12.8. The van der Waals surface area contributed by atoms with Crippen molar-refractivity contribution in [3.63, 3.8) is 0 Å². The fourth-order valence-electron chi connectivity index (χ4n) is 3.72. The number of anilines is 2. The number of rotatable bonds is 6. The third-order valence-electron chi connectivity index (χ3n) is 5.02. The van der Waals surface area contributed by atoms with Gasteiger partial charge in [0, 0.05) is 23.2 Å². The fraction of sp³-hybridized carbons (Fsp3) is 0.240. The molecule has 0 fully saturated rings. The molecule has 2 aromatic heterocycles. The van der Waals surface area contributed by atoms with Gasteiger partial charge in [0.05, 0.1) is 22.7 Å². The highest BCUT2D eigenvalue weighted by Gasteiger charge is 2.23. The molecule has 0 aliphatic rings. The van der Waals surface area contributed by atoms with E-state index in [1.807, 2.05) is 52.0 Å². The van der Waals surface area contributed by atoms with E-state index in [-0.39, 0.29) is 17.1 Å². The Hall–Kier alpha value is -3.72. The van der Waals surface area contributed by atoms with Crippen LogP contribution in [0.3, 0.4) is 0 Å². The first-order valence-electron chi connectivity index (χ1n) is 10.8. The summed E-state index contributed by atoms with van der Waals surface area (Å²) < 4.78 is 34.6. The monoisotopic (exact) mass is 477 g/mol. The van der Waals surface area contributed by atoms with Gasteiger partial charge < -0.3 is 10.5 Å². The second-order valence-electron chi connectivity index (χ2n) is 9.29. The zero-order valence-electron chi connectivity index (χ0n) is 19.5. The van der Waals surface area contributed by atoms with E-state index in [0.717, 1.165) is 16.3 Å². The minimum Gasteiger partial charge on any atom is -0.437 e. The molecule has 0 saturated carbocycles. The molecule has 2 aromatic carbocycles. The van der Waals surface area contributed by atoms with Crippen LogP contribution in [-0.4, -0.2) is 29.1 Å². The van der Waals surface area contributed by atoms with Crippen LogP contribution in [-0.2, 0) is 10.0 Å². The molecule has 0 spiro atoms. The number of fused-ring (bicyclic) bond motifs is 1. The Morgan fingerprint density at radius 2 is 1.76 bits per heavy atom. The molecule has 2 heterocycles. The van der Waals surface area contributed by atoms with Crippen molar-refractivity contribution in [2.45, 2.75) is 27.7 Å². The molecule has 34 heavy (non-hydrogen) atoms. The number of ether oxygens (including phenoxy) is 1. The Morgan fingerprint density at radius 1 is 0.971 bits per heavy atom. The lowest BCUT2D eigenvalue weighted by Crippen LogP contribution is -2.26. The number of hydrogen-bond donors (Lipinski definition) is 2. The smallest absolute Gasteiger partial charge is 0.233 e. The molecule has 0 aliphatic carbocycles. The Bertz CT molecular complexity index is 1460. The second kappa shape index (κ2) is 8.90. The molecule has 8 nitrogen and oxygen atoms in total. The number of nitrogen functional groups attached to an aromatic ring is 1. The molecule has 4 aromatic rings. The summed E-state index contributed by atoms with van der Waals surface area (Å²) in [5.41, 5.74) is 8.01. The highest BCUT2D eigenvalue weighted by Crippen LogP contribution is 2.38. The Balaban J connectivity index is 1.77. The number of sulfonamides is 1. The second-order valence-corrected chi connectivity index (χ2v) is 11.0. The summed E-state index contributed by atoms with van der Waals surface area (Å²) in [6.07, 6.45) is 3.21. The van der Waals surface area contributed by atoms with Gasteiger partial charge in [-0.25, -0.2) is 23.4 Å². The van der Waals surface area contributed by atoms with E-state index >= 15 is 0 Å². The van der Waals surface area contributed by atoms with Crippen molar-refractivity contribution in [3.05, 3.63) is 66.5 Å². The Morgan fingerprint density at radius 3 is 2.50 bits per heavy atom. The van der Waals surface area contributed by atoms with Crippen LogP contribution in [0.2, 0.25) is 0 Å². The lowest BCUT2D eigenvalue weighted by molar-refractivity contribution is 0.463. The fourth-order valence-corrected chi connectivity index (χ4v) is 5.45. The van der Waals surface area contributed by atoms with Crippen molar-refractivity contribution in [1.29, 1.82) is 0 Å². The predicted octanol–water partition coefficient (Wildman–Crippen LogP) is 5.16. The molecule has 0 amide bonds. The van der Waals surface area contributed by atoms with Crippen LogP contribution in [0.5, 0.6) is 11.6 Å². The average molecular weight is 478 g/mol. The van der Waals surface area contributed by atoms with Gasteiger partial charge in [0.2, 0.25) is 21.9 Å². The molecule has 4 rings (SSSR count). The van der Waals surface area contributed by atoms with Crippen LogP contribution >= 0.6 is 0 Å². The van der Waals surface area contributed by atoms with Crippen molar-refractivity contribution < 1.29 is 13.2 Å². The summed E-state index contributed by atoms with van der Waals surface area (Å²) in [6, 6.07) is 14.6. The maximum atomic E-state index is 12.8. The number of aryl methyl sites for hydroxylation is 1. The van der Waals surface area contributed by atoms with Crippen molar-refractivity contribution in [1.82, 2.24) is 15.0 Å². The standard InChI is InChI=1S/C25H27N5O3S/c1-16-10-11-17-18(7-5-9-21(17)30-34(31,32)15-25(2,3)4)22(16)33-23-19(8-6-13-27-23)20-12-14-28-24(26)29-20/h5-14,30H,15H2,1-4H3,(H2,26,28,29). The van der Waals surface area contributed by atoms with E-state index in [9.17, 15) is 8.42 Å². The van der Waals surface area contributed by atoms with Gasteiger partial charge in [-0.2, -0.15) is 0 Å². The summed E-state index contributed by atoms with van der Waals surface area (Å²) in [5, 5.41) is 1.49. The molecule has 0 unspecified atom stereocenters. The third kappa shape index (κ3) is 5.26. The third-order valence-corrected chi connectivity index (χ3v) is 6.79. The molecular formula is C25H27N5O3S. The van der Waals surface area contributed by atoms with Crippen LogP contribution in [0, 0.1) is 12.3 Å². The largest absolute Gasteiger partial charge is 0.437 e. The molecule has 176 valence electrons. The topological polar surface area (TPSA) is 120 Å². The lowest BCUT2D eigenvalue weighted by Gasteiger charge is -2.20. The van der Waals surface area contributed by atoms with Crippen LogP contribution in [0.4, 0.5) is 11.6 Å². The Labute approximate surface area is 199 Å². The van der Waals surface area contributed by atoms with Crippen molar-refractivity contribution in [3.8, 4) is 22.9 Å². The molecule has 0 atom stereocenters. The van der Waals surface area contributed by atoms with E-state index in [1.165, 1.54) is 0 Å². The highest BCUT2D eigenvalue weighted by atomic mass is 32.2. The van der Waals surface area contributed by atoms with Crippen LogP contribution < -0.4 is 15.2 Å². The molecule has 0 bridgehead atoms. The van der Waals surface area contributed by atoms with Gasteiger partial charge in [0.15, 0.2) is 0 Å². The average Bonchev–Trinajstić information content (AvgIpc) is 2.74. The van der Waals surface area contributed by atoms with Gasteiger partial charge in [-0.15, -0.1) is 0 Å². The summed E-state index contributed by atoms with van der Waals surface area (Å²) in [4.78, 5) is 12.6. The summed E-state index contributed by atoms with van der Waals surface area (Å²) in [6.45, 7) is 7.59. The van der Waals surface area contributed by atoms with E-state index < -0.39 is 10.0 Å². The van der Waals surface area contributed by atoms with Crippen molar-refractivity contribution in [2.75, 3.05) is 16.2 Å². The highest BCUT2D eigenvalue weighted by molar-refractivity contribution is 7.92. The van der Waals surface area contributed by atoms with Crippen molar-refractivity contribution >= 4 is 32.4 Å². The number of aromatic nitrogens is 3. The molecule has 3 N–H and O–H groups in total. The number of hydrogen-bond acceptors (Lipinski definition) is 7. The number of benzene rings is 2. The number of nitrogens with one attached hydrogen (secondary N) is 1.